The lowest BCUT2D eigenvalue weighted by Gasteiger charge is -2.26. The highest BCUT2D eigenvalue weighted by Crippen LogP contribution is 2.09. The molecule has 2 heterocycles. The van der Waals surface area contributed by atoms with E-state index in [1.54, 1.807) is 0 Å². The lowest BCUT2D eigenvalue weighted by Crippen LogP contribution is -2.35. The van der Waals surface area contributed by atoms with Crippen LogP contribution in [0.25, 0.3) is 0 Å². The van der Waals surface area contributed by atoms with Gasteiger partial charge in [-0.05, 0) is 11.1 Å². The molecular formula is C19H22N4O5. The number of rotatable bonds is 7. The fourth-order valence-electron chi connectivity index (χ4n) is 2.94. The highest BCUT2D eigenvalue weighted by atomic mass is 16.6. The van der Waals surface area contributed by atoms with Crippen molar-refractivity contribution in [1.29, 1.82) is 0 Å². The fourth-order valence-corrected chi connectivity index (χ4v) is 2.94. The van der Waals surface area contributed by atoms with Crippen molar-refractivity contribution in [3.8, 4) is 0 Å². The summed E-state index contributed by atoms with van der Waals surface area (Å²) < 4.78 is 6.37. The molecule has 148 valence electrons. The van der Waals surface area contributed by atoms with E-state index in [9.17, 15) is 19.7 Å². The Morgan fingerprint density at radius 1 is 1.11 bits per heavy atom. The van der Waals surface area contributed by atoms with Crippen LogP contribution in [0.15, 0.2) is 47.4 Å². The largest absolute Gasteiger partial charge is 0.379 e. The van der Waals surface area contributed by atoms with Crippen LogP contribution in [-0.2, 0) is 29.2 Å². The molecule has 28 heavy (non-hydrogen) atoms. The molecule has 0 bridgehead atoms. The summed E-state index contributed by atoms with van der Waals surface area (Å²) in [6, 6.07) is 10.2. The smallest absolute Gasteiger partial charge is 0.285 e. The van der Waals surface area contributed by atoms with Gasteiger partial charge in [-0.3, -0.25) is 29.2 Å². The summed E-state index contributed by atoms with van der Waals surface area (Å²) in [5, 5.41) is 13.5. The van der Waals surface area contributed by atoms with Crippen molar-refractivity contribution < 1.29 is 14.5 Å². The fraction of sp³-hybridized carbons (Fsp3) is 0.368. The molecule has 0 spiro atoms. The monoisotopic (exact) mass is 386 g/mol. The second-order valence-corrected chi connectivity index (χ2v) is 6.59. The molecule has 0 unspecified atom stereocenters. The number of nitrogens with one attached hydrogen (secondary N) is 1. The molecule has 2 aromatic rings. The number of carbonyl (C=O) groups is 1. The molecule has 1 saturated heterocycles. The number of amides is 1. The maximum absolute atomic E-state index is 12.1. The van der Waals surface area contributed by atoms with Gasteiger partial charge in [0.1, 0.15) is 6.54 Å². The van der Waals surface area contributed by atoms with Gasteiger partial charge >= 0.3 is 0 Å². The Bertz CT molecular complexity index is 888. The summed E-state index contributed by atoms with van der Waals surface area (Å²) in [5.41, 5.74) is 1.43. The van der Waals surface area contributed by atoms with E-state index in [2.05, 4.69) is 10.2 Å². The average molecular weight is 386 g/mol. The van der Waals surface area contributed by atoms with E-state index >= 15 is 0 Å². The van der Waals surface area contributed by atoms with Gasteiger partial charge < -0.3 is 10.1 Å². The Balaban J connectivity index is 1.51. The number of nitrogens with zero attached hydrogens (tertiary/aromatic N) is 3. The molecule has 1 aromatic carbocycles. The first kappa shape index (κ1) is 19.7. The third-order valence-corrected chi connectivity index (χ3v) is 4.52. The molecule has 1 amide bonds. The first-order valence-corrected chi connectivity index (χ1v) is 9.01. The van der Waals surface area contributed by atoms with Crippen molar-refractivity contribution in [2.75, 3.05) is 26.3 Å². The van der Waals surface area contributed by atoms with Gasteiger partial charge in [-0.25, -0.2) is 0 Å². The van der Waals surface area contributed by atoms with Crippen molar-refractivity contribution in [1.82, 2.24) is 14.8 Å². The maximum atomic E-state index is 12.1. The highest BCUT2D eigenvalue weighted by molar-refractivity contribution is 5.75. The van der Waals surface area contributed by atoms with Crippen molar-refractivity contribution in [3.63, 3.8) is 0 Å². The van der Waals surface area contributed by atoms with Crippen LogP contribution in [0.2, 0.25) is 0 Å². The van der Waals surface area contributed by atoms with Crippen LogP contribution < -0.4 is 10.9 Å². The molecule has 0 radical (unpaired) electrons. The van der Waals surface area contributed by atoms with Crippen LogP contribution in [0.1, 0.15) is 11.1 Å². The van der Waals surface area contributed by atoms with E-state index in [4.69, 9.17) is 4.74 Å². The first-order valence-electron chi connectivity index (χ1n) is 9.01. The Labute approximate surface area is 161 Å². The highest BCUT2D eigenvalue weighted by Gasteiger charge is 2.12. The third-order valence-electron chi connectivity index (χ3n) is 4.52. The molecule has 0 saturated carbocycles. The van der Waals surface area contributed by atoms with Gasteiger partial charge in [-0.15, -0.1) is 0 Å². The third kappa shape index (κ3) is 5.48. The van der Waals surface area contributed by atoms with Crippen molar-refractivity contribution >= 4 is 11.6 Å². The van der Waals surface area contributed by atoms with Crippen LogP contribution in [0.5, 0.6) is 0 Å². The molecular weight excluding hydrogens is 364 g/mol. The topological polar surface area (TPSA) is 107 Å². The maximum Gasteiger partial charge on any atom is 0.285 e. The summed E-state index contributed by atoms with van der Waals surface area (Å²) >= 11 is 0. The van der Waals surface area contributed by atoms with Gasteiger partial charge in [0.15, 0.2) is 0 Å². The first-order chi connectivity index (χ1) is 13.5. The van der Waals surface area contributed by atoms with Crippen molar-refractivity contribution in [2.45, 2.75) is 19.6 Å². The predicted molar refractivity (Wildman–Crippen MR) is 102 cm³/mol. The number of nitro groups is 1. The van der Waals surface area contributed by atoms with E-state index < -0.39 is 10.5 Å². The molecule has 1 fully saturated rings. The Hall–Kier alpha value is -3.04. The second kappa shape index (κ2) is 9.25. The number of carbonyl (C=O) groups excluding carboxylic acids is 1. The SMILES string of the molecule is O=C(Cn1cc([N+](=O)[O-])ccc1=O)NCc1ccc(CN2CCOCC2)cc1. The van der Waals surface area contributed by atoms with E-state index in [0.717, 1.165) is 61.3 Å². The molecule has 1 N–H and O–H groups in total. The van der Waals surface area contributed by atoms with Gasteiger partial charge in [-0.1, -0.05) is 24.3 Å². The Morgan fingerprint density at radius 2 is 1.79 bits per heavy atom. The van der Waals surface area contributed by atoms with Gasteiger partial charge in [0.05, 0.1) is 24.3 Å². The van der Waals surface area contributed by atoms with E-state index in [1.807, 2.05) is 24.3 Å². The Morgan fingerprint density at radius 3 is 2.46 bits per heavy atom. The van der Waals surface area contributed by atoms with Gasteiger partial charge in [0.2, 0.25) is 5.91 Å². The van der Waals surface area contributed by atoms with E-state index in [-0.39, 0.29) is 18.1 Å². The minimum absolute atomic E-state index is 0.233. The molecule has 1 aromatic heterocycles. The summed E-state index contributed by atoms with van der Waals surface area (Å²) in [4.78, 5) is 36.4. The van der Waals surface area contributed by atoms with Crippen LogP contribution >= 0.6 is 0 Å². The standard InChI is InChI=1S/C19H22N4O5/c24-18(14-22-13-17(23(26)27)5-6-19(22)25)20-11-15-1-3-16(4-2-15)12-21-7-9-28-10-8-21/h1-6,13H,7-12,14H2,(H,20,24). The second-order valence-electron chi connectivity index (χ2n) is 6.59. The van der Waals surface area contributed by atoms with Crippen molar-refractivity contribution in [3.05, 3.63) is 74.2 Å². The summed E-state index contributed by atoms with van der Waals surface area (Å²) in [7, 11) is 0. The molecule has 0 atom stereocenters. The number of benzene rings is 1. The van der Waals surface area contributed by atoms with Crippen LogP contribution in [0.4, 0.5) is 5.69 Å². The van der Waals surface area contributed by atoms with E-state index in [0.29, 0.717) is 6.54 Å². The number of hydrogen-bond donors (Lipinski definition) is 1. The number of morpholine rings is 1. The summed E-state index contributed by atoms with van der Waals surface area (Å²) in [5.74, 6) is -0.389. The lowest BCUT2D eigenvalue weighted by atomic mass is 10.1. The zero-order valence-corrected chi connectivity index (χ0v) is 15.4. The number of ether oxygens (including phenoxy) is 1. The number of pyridine rings is 1. The quantitative estimate of drug-likeness (QED) is 0.560. The van der Waals surface area contributed by atoms with Gasteiger partial charge in [-0.2, -0.15) is 0 Å². The summed E-state index contributed by atoms with van der Waals surface area (Å²) in [6.45, 7) is 4.29. The minimum Gasteiger partial charge on any atom is -0.379 e. The van der Waals surface area contributed by atoms with E-state index in [1.165, 1.54) is 5.56 Å². The van der Waals surface area contributed by atoms with Gasteiger partial charge in [0, 0.05) is 38.3 Å². The average Bonchev–Trinajstić information content (AvgIpc) is 2.70. The predicted octanol–water partition coefficient (Wildman–Crippen LogP) is 0.905. The van der Waals surface area contributed by atoms with Crippen LogP contribution in [-0.4, -0.2) is 46.6 Å². The van der Waals surface area contributed by atoms with Crippen molar-refractivity contribution in [2.24, 2.45) is 0 Å². The summed E-state index contributed by atoms with van der Waals surface area (Å²) in [6.07, 6.45) is 1.07. The molecule has 1 aliphatic rings. The molecule has 9 nitrogen and oxygen atoms in total. The minimum atomic E-state index is -0.605. The molecule has 0 aliphatic carbocycles. The van der Waals surface area contributed by atoms with Crippen LogP contribution in [0, 0.1) is 10.1 Å². The zero-order chi connectivity index (χ0) is 19.9. The molecule has 1 aliphatic heterocycles. The molecule has 9 heteroatoms. The lowest BCUT2D eigenvalue weighted by molar-refractivity contribution is -0.385. The normalized spacial score (nSPS) is 14.6. The number of aromatic nitrogens is 1. The zero-order valence-electron chi connectivity index (χ0n) is 15.4. The van der Waals surface area contributed by atoms with Crippen LogP contribution in [0.3, 0.4) is 0 Å². The Kier molecular flexibility index (Phi) is 6.51. The number of hydrogen-bond acceptors (Lipinski definition) is 6. The molecule has 3 rings (SSSR count). The van der Waals surface area contributed by atoms with Gasteiger partial charge in [0.25, 0.3) is 11.2 Å².